The van der Waals surface area contributed by atoms with E-state index in [9.17, 15) is 0 Å². The minimum absolute atomic E-state index is 0. The predicted molar refractivity (Wildman–Crippen MR) is 95.8 cm³/mol. The molecule has 0 heterocycles. The zero-order chi connectivity index (χ0) is 14.8. The van der Waals surface area contributed by atoms with Gasteiger partial charge in [0.2, 0.25) is 0 Å². The van der Waals surface area contributed by atoms with Crippen LogP contribution in [0.5, 0.6) is 0 Å². The van der Waals surface area contributed by atoms with E-state index in [4.69, 9.17) is 0 Å². The summed E-state index contributed by atoms with van der Waals surface area (Å²) in [6.07, 6.45) is 14.1. The van der Waals surface area contributed by atoms with Gasteiger partial charge in [0.25, 0.3) is 0 Å². The Morgan fingerprint density at radius 3 is 1.92 bits per heavy atom. The standard InChI is InChI=1S/C13H9.C9H11.2ClH.Ti/c1-3-7-12-10(5-1)9-11-6-2-4-8-13(11)12;1-2-5-9-7-3-6-8(9)4-1;;;/h1-9H;1-2,4-6,8-9H,3,7H2;2*1H;/q2*-1;;;+4/p-2. The van der Waals surface area contributed by atoms with E-state index < -0.39 is 0 Å². The third kappa shape index (κ3) is 4.83. The quantitative estimate of drug-likeness (QED) is 0.368. The molecule has 0 saturated heterocycles. The molecule has 0 amide bonds. The molecule has 0 radical (unpaired) electrons. The maximum Gasteiger partial charge on any atom is 4.00 e. The molecule has 1 saturated carbocycles. The van der Waals surface area contributed by atoms with E-state index in [1.807, 2.05) is 0 Å². The van der Waals surface area contributed by atoms with Gasteiger partial charge in [-0.3, -0.25) is 0 Å². The molecule has 2 atom stereocenters. The number of fused-ring (bicyclic) bond motifs is 4. The second-order valence-electron chi connectivity index (χ2n) is 6.14. The zero-order valence-corrected chi connectivity index (χ0v) is 17.0. The largest absolute Gasteiger partial charge is 4.00 e. The van der Waals surface area contributed by atoms with Crippen LogP contribution in [0.15, 0.2) is 78.9 Å². The van der Waals surface area contributed by atoms with E-state index in [2.05, 4.69) is 85.3 Å². The first kappa shape index (κ1) is 22.1. The summed E-state index contributed by atoms with van der Waals surface area (Å²) in [7, 11) is 0. The smallest absolute Gasteiger partial charge is 1.00 e. The van der Waals surface area contributed by atoms with Crippen LogP contribution in [-0.4, -0.2) is 0 Å². The molecule has 0 aromatic heterocycles. The first-order valence-corrected chi connectivity index (χ1v) is 8.13. The molecule has 2 aliphatic carbocycles. The molecule has 25 heavy (non-hydrogen) atoms. The van der Waals surface area contributed by atoms with Gasteiger partial charge < -0.3 is 31.2 Å². The number of halogens is 2. The second kappa shape index (κ2) is 10.3. The number of allylic oxidation sites excluding steroid dienone is 4. The van der Waals surface area contributed by atoms with Crippen molar-refractivity contribution in [3.05, 3.63) is 85.3 Å². The van der Waals surface area contributed by atoms with Crippen molar-refractivity contribution in [3.63, 3.8) is 0 Å². The van der Waals surface area contributed by atoms with E-state index in [0.717, 1.165) is 11.8 Å². The summed E-state index contributed by atoms with van der Waals surface area (Å²) in [5, 5.41) is 5.39. The summed E-state index contributed by atoms with van der Waals surface area (Å²) < 4.78 is 0. The van der Waals surface area contributed by atoms with Crippen molar-refractivity contribution in [2.75, 3.05) is 0 Å². The van der Waals surface area contributed by atoms with Crippen molar-refractivity contribution in [2.24, 2.45) is 11.8 Å². The normalized spacial score (nSPS) is 19.8. The molecule has 0 spiro atoms. The fraction of sp³-hybridized carbons (Fsp3) is 0.182. The number of rotatable bonds is 0. The third-order valence-corrected chi connectivity index (χ3v) is 4.76. The number of hydrogen-bond acceptors (Lipinski definition) is 0. The molecule has 0 bridgehead atoms. The molecule has 2 unspecified atom stereocenters. The molecule has 3 heteroatoms. The average Bonchev–Trinajstić information content (AvgIpc) is 3.19. The van der Waals surface area contributed by atoms with Crippen LogP contribution in [0, 0.1) is 18.3 Å². The molecular formula is C22H20Cl2Ti. The van der Waals surface area contributed by atoms with Crippen LogP contribution in [0.4, 0.5) is 0 Å². The SMILES string of the molecule is C1=CC2[CH-]CCC2C=C1.[Cl-].[Cl-].[Ti+4].c1ccc2c(c1)[cH-]c1ccccc12. The van der Waals surface area contributed by atoms with Crippen LogP contribution < -0.4 is 24.8 Å². The van der Waals surface area contributed by atoms with Gasteiger partial charge in [-0.25, -0.2) is 0 Å². The van der Waals surface area contributed by atoms with E-state index in [-0.39, 0.29) is 46.5 Å². The molecule has 1 fully saturated rings. The number of benzene rings is 2. The van der Waals surface area contributed by atoms with E-state index in [1.165, 1.54) is 34.4 Å². The van der Waals surface area contributed by atoms with Crippen molar-refractivity contribution in [1.82, 2.24) is 0 Å². The summed E-state index contributed by atoms with van der Waals surface area (Å²) in [6.45, 7) is 0. The molecule has 0 aliphatic heterocycles. The summed E-state index contributed by atoms with van der Waals surface area (Å²) >= 11 is 0. The van der Waals surface area contributed by atoms with Gasteiger partial charge in [-0.15, -0.1) is 51.7 Å². The Kier molecular flexibility index (Phi) is 9.10. The van der Waals surface area contributed by atoms with Crippen LogP contribution in [0.3, 0.4) is 0 Å². The van der Waals surface area contributed by atoms with E-state index >= 15 is 0 Å². The molecule has 3 aromatic carbocycles. The molecule has 3 aromatic rings. The van der Waals surface area contributed by atoms with Crippen LogP contribution >= 0.6 is 0 Å². The van der Waals surface area contributed by atoms with E-state index in [1.54, 1.807) is 0 Å². The van der Waals surface area contributed by atoms with Gasteiger partial charge in [-0.2, -0.15) is 6.42 Å². The van der Waals surface area contributed by atoms with Crippen molar-refractivity contribution in [3.8, 4) is 0 Å². The first-order chi connectivity index (χ1) is 10.9. The van der Waals surface area contributed by atoms with Crippen molar-refractivity contribution < 1.29 is 46.5 Å². The summed E-state index contributed by atoms with van der Waals surface area (Å²) in [5.74, 6) is 1.62. The monoisotopic (exact) mass is 402 g/mol. The van der Waals surface area contributed by atoms with Crippen LogP contribution in [0.2, 0.25) is 0 Å². The minimum atomic E-state index is 0. The Labute approximate surface area is 177 Å². The van der Waals surface area contributed by atoms with Crippen molar-refractivity contribution >= 4 is 21.5 Å². The first-order valence-electron chi connectivity index (χ1n) is 8.13. The maximum absolute atomic E-state index is 2.42. The fourth-order valence-electron chi connectivity index (χ4n) is 3.60. The number of hydrogen-bond donors (Lipinski definition) is 0. The van der Waals surface area contributed by atoms with Crippen molar-refractivity contribution in [2.45, 2.75) is 12.8 Å². The van der Waals surface area contributed by atoms with Gasteiger partial charge in [0.05, 0.1) is 0 Å². The summed E-state index contributed by atoms with van der Waals surface area (Å²) in [5.41, 5.74) is 0. The predicted octanol–water partition coefficient (Wildman–Crippen LogP) is 0.0603. The van der Waals surface area contributed by atoms with Gasteiger partial charge in [-0.05, 0) is 5.92 Å². The molecule has 2 aliphatic rings. The second-order valence-corrected chi connectivity index (χ2v) is 6.14. The minimum Gasteiger partial charge on any atom is -1.00 e. The average molecular weight is 403 g/mol. The molecular weight excluding hydrogens is 383 g/mol. The topological polar surface area (TPSA) is 0 Å². The Morgan fingerprint density at radius 1 is 0.760 bits per heavy atom. The maximum atomic E-state index is 2.42. The summed E-state index contributed by atoms with van der Waals surface area (Å²) in [6, 6.07) is 19.3. The molecule has 126 valence electrons. The molecule has 0 N–H and O–H groups in total. The van der Waals surface area contributed by atoms with Gasteiger partial charge in [0.15, 0.2) is 0 Å². The van der Waals surface area contributed by atoms with Crippen LogP contribution in [0.25, 0.3) is 21.5 Å². The van der Waals surface area contributed by atoms with E-state index in [0.29, 0.717) is 0 Å². The Morgan fingerprint density at radius 2 is 1.32 bits per heavy atom. The Balaban J connectivity index is 0.000000234. The van der Waals surface area contributed by atoms with Gasteiger partial charge >= 0.3 is 21.7 Å². The Hall–Kier alpha value is -0.916. The Bertz CT molecular complexity index is 779. The van der Waals surface area contributed by atoms with Gasteiger partial charge in [0.1, 0.15) is 0 Å². The van der Waals surface area contributed by atoms with Crippen molar-refractivity contribution in [1.29, 1.82) is 0 Å². The van der Waals surface area contributed by atoms with Gasteiger partial charge in [-0.1, -0.05) is 61.0 Å². The van der Waals surface area contributed by atoms with Gasteiger partial charge in [0, 0.05) is 0 Å². The fourth-order valence-corrected chi connectivity index (χ4v) is 3.60. The van der Waals surface area contributed by atoms with Crippen LogP contribution in [0.1, 0.15) is 12.8 Å². The molecule has 5 rings (SSSR count). The molecule has 0 nitrogen and oxygen atoms in total. The zero-order valence-electron chi connectivity index (χ0n) is 13.9. The van der Waals surface area contributed by atoms with Crippen LogP contribution in [-0.2, 0) is 21.7 Å². The third-order valence-electron chi connectivity index (χ3n) is 4.76. The summed E-state index contributed by atoms with van der Waals surface area (Å²) in [4.78, 5) is 0.